The van der Waals surface area contributed by atoms with Crippen LogP contribution in [0.25, 0.3) is 11.4 Å². The molecule has 11 heteroatoms. The molecule has 0 unspecified atom stereocenters. The highest BCUT2D eigenvalue weighted by Crippen LogP contribution is 2.36. The lowest BCUT2D eigenvalue weighted by Crippen LogP contribution is -2.44. The van der Waals surface area contributed by atoms with Crippen molar-refractivity contribution in [1.82, 2.24) is 29.3 Å². The molecule has 3 N–H and O–H groups in total. The Bertz CT molecular complexity index is 1530. The van der Waals surface area contributed by atoms with Gasteiger partial charge in [-0.2, -0.15) is 0 Å². The van der Waals surface area contributed by atoms with E-state index >= 15 is 0 Å². The predicted molar refractivity (Wildman–Crippen MR) is 135 cm³/mol. The average molecular weight is 487 g/mol. The number of ketones is 1. The number of hydrogen-bond donors (Lipinski definition) is 2. The Balaban J connectivity index is 1.41. The maximum absolute atomic E-state index is 13.2. The number of nitrogens with two attached hydrogens (primary N) is 1. The van der Waals surface area contributed by atoms with E-state index in [1.54, 1.807) is 6.92 Å². The van der Waals surface area contributed by atoms with Crippen molar-refractivity contribution in [2.75, 3.05) is 17.6 Å². The molecule has 0 spiro atoms. The van der Waals surface area contributed by atoms with E-state index in [1.807, 2.05) is 59.3 Å². The molecule has 5 rings (SSSR count). The zero-order valence-corrected chi connectivity index (χ0v) is 19.8. The number of benzene rings is 2. The summed E-state index contributed by atoms with van der Waals surface area (Å²) in [5, 5.41) is 15.1. The minimum atomic E-state index is -0.687. The highest BCUT2D eigenvalue weighted by molar-refractivity contribution is 6.02. The van der Waals surface area contributed by atoms with Gasteiger partial charge in [0, 0.05) is 17.8 Å². The lowest BCUT2D eigenvalue weighted by Gasteiger charge is -2.16. The van der Waals surface area contributed by atoms with Crippen LogP contribution in [0.4, 0.5) is 11.5 Å². The van der Waals surface area contributed by atoms with E-state index in [4.69, 9.17) is 5.73 Å². The third kappa shape index (κ3) is 4.42. The predicted octanol–water partition coefficient (Wildman–Crippen LogP) is 1.94. The summed E-state index contributed by atoms with van der Waals surface area (Å²) in [7, 11) is 0. The first-order chi connectivity index (χ1) is 17.5. The van der Waals surface area contributed by atoms with Gasteiger partial charge in [-0.25, -0.2) is 9.48 Å². The van der Waals surface area contributed by atoms with Crippen LogP contribution < -0.4 is 22.3 Å². The largest absolute Gasteiger partial charge is 0.384 e. The van der Waals surface area contributed by atoms with Crippen LogP contribution in [-0.2, 0) is 13.1 Å². The van der Waals surface area contributed by atoms with Crippen LogP contribution in [0, 0.1) is 0 Å². The monoisotopic (exact) mass is 486 g/mol. The second-order valence-electron chi connectivity index (χ2n) is 8.70. The zero-order chi connectivity index (χ0) is 25.2. The van der Waals surface area contributed by atoms with Crippen molar-refractivity contribution in [1.29, 1.82) is 0 Å². The van der Waals surface area contributed by atoms with Crippen molar-refractivity contribution in [3.05, 3.63) is 86.6 Å². The molecule has 2 aromatic heterocycles. The number of carbonyl (C=O) groups is 1. The van der Waals surface area contributed by atoms with Crippen LogP contribution in [0.15, 0.2) is 64.2 Å². The van der Waals surface area contributed by atoms with Crippen molar-refractivity contribution >= 4 is 17.3 Å². The summed E-state index contributed by atoms with van der Waals surface area (Å²) < 4.78 is 4.12. The number of nitrogens with one attached hydrogen (secondary N) is 1. The number of nitrogens with zero attached hydrogens (tertiary/aromatic N) is 6. The molecule has 184 valence electrons. The number of aromatic nitrogens is 6. The standard InChI is InChI=1S/C25H26N8O3/c1-2-31-24(35)21(22(26)32(25(31)36)15-16-7-4-3-5-8-16)20(34)14-27-18-10-6-9-17(13-18)23-28-29-30-33(23)19-11-12-19/h3-10,13,19,27H,2,11-12,14-15,26H2,1H3. The van der Waals surface area contributed by atoms with E-state index in [2.05, 4.69) is 20.8 Å². The van der Waals surface area contributed by atoms with Gasteiger partial charge in [0.1, 0.15) is 11.4 Å². The number of tetrazole rings is 1. The van der Waals surface area contributed by atoms with Gasteiger partial charge in [0.15, 0.2) is 11.6 Å². The first-order valence-corrected chi connectivity index (χ1v) is 11.8. The van der Waals surface area contributed by atoms with Crippen molar-refractivity contribution in [2.24, 2.45) is 0 Å². The normalized spacial score (nSPS) is 13.0. The van der Waals surface area contributed by atoms with E-state index in [9.17, 15) is 14.4 Å². The van der Waals surface area contributed by atoms with Gasteiger partial charge in [-0.15, -0.1) is 5.10 Å². The van der Waals surface area contributed by atoms with Gasteiger partial charge in [-0.3, -0.25) is 18.7 Å². The van der Waals surface area contributed by atoms with E-state index < -0.39 is 17.0 Å². The number of Topliss-reactive ketones (excluding diaryl/α,β-unsaturated/α-hetero) is 1. The fraction of sp³-hybridized carbons (Fsp3) is 0.280. The van der Waals surface area contributed by atoms with E-state index in [0.29, 0.717) is 17.6 Å². The molecule has 0 bridgehead atoms. The summed E-state index contributed by atoms with van der Waals surface area (Å²) in [6.45, 7) is 1.78. The first-order valence-electron chi connectivity index (χ1n) is 11.8. The van der Waals surface area contributed by atoms with Crippen molar-refractivity contribution in [2.45, 2.75) is 38.9 Å². The SMILES string of the molecule is CCn1c(=O)c(C(=O)CNc2cccc(-c3nnnn3C3CC3)c2)c(N)n(Cc2ccccc2)c1=O. The van der Waals surface area contributed by atoms with E-state index in [0.717, 1.165) is 28.5 Å². The fourth-order valence-electron chi connectivity index (χ4n) is 4.16. The first kappa shape index (κ1) is 23.2. The molecule has 0 radical (unpaired) electrons. The van der Waals surface area contributed by atoms with Crippen LogP contribution in [-0.4, -0.2) is 41.7 Å². The molecule has 0 aliphatic heterocycles. The number of carbonyl (C=O) groups excluding carboxylic acids is 1. The van der Waals surface area contributed by atoms with Crippen LogP contribution in [0.5, 0.6) is 0 Å². The molecule has 0 saturated heterocycles. The molecule has 0 amide bonds. The smallest absolute Gasteiger partial charge is 0.332 e. The number of anilines is 2. The molecule has 1 aliphatic carbocycles. The lowest BCUT2D eigenvalue weighted by atomic mass is 10.1. The Labute approximate surface area is 206 Å². The van der Waals surface area contributed by atoms with Gasteiger partial charge in [-0.1, -0.05) is 42.5 Å². The van der Waals surface area contributed by atoms with Crippen LogP contribution in [0.1, 0.15) is 41.7 Å². The molecule has 1 fully saturated rings. The summed E-state index contributed by atoms with van der Waals surface area (Å²) in [5.41, 5.74) is 7.11. The number of hydrogen-bond acceptors (Lipinski definition) is 8. The molecule has 36 heavy (non-hydrogen) atoms. The van der Waals surface area contributed by atoms with Crippen molar-refractivity contribution < 1.29 is 4.79 Å². The topological polar surface area (TPSA) is 143 Å². The van der Waals surface area contributed by atoms with Gasteiger partial charge in [-0.05, 0) is 47.9 Å². The summed E-state index contributed by atoms with van der Waals surface area (Å²) in [6.07, 6.45) is 2.10. The van der Waals surface area contributed by atoms with Gasteiger partial charge in [0.2, 0.25) is 0 Å². The minimum absolute atomic E-state index is 0.123. The van der Waals surface area contributed by atoms with E-state index in [1.165, 1.54) is 4.57 Å². The van der Waals surface area contributed by atoms with Crippen molar-refractivity contribution in [3.63, 3.8) is 0 Å². The number of rotatable bonds is 9. The Hall–Kier alpha value is -4.54. The summed E-state index contributed by atoms with van der Waals surface area (Å²) in [4.78, 5) is 39.1. The number of nitrogen functional groups attached to an aromatic ring is 1. The molecule has 1 saturated carbocycles. The van der Waals surface area contributed by atoms with E-state index in [-0.39, 0.29) is 31.0 Å². The molecule has 11 nitrogen and oxygen atoms in total. The lowest BCUT2D eigenvalue weighted by molar-refractivity contribution is 0.100. The Morgan fingerprint density at radius 1 is 1.08 bits per heavy atom. The molecular weight excluding hydrogens is 460 g/mol. The van der Waals surface area contributed by atoms with Gasteiger partial charge in [0.05, 0.1) is 19.1 Å². The highest BCUT2D eigenvalue weighted by Gasteiger charge is 2.28. The molecule has 2 aromatic carbocycles. The molecule has 0 atom stereocenters. The molecule has 4 aromatic rings. The van der Waals surface area contributed by atoms with Gasteiger partial charge >= 0.3 is 5.69 Å². The highest BCUT2D eigenvalue weighted by atomic mass is 16.2. The Morgan fingerprint density at radius 2 is 1.86 bits per heavy atom. The van der Waals surface area contributed by atoms with Crippen LogP contribution in [0.3, 0.4) is 0 Å². The Kier molecular flexibility index (Phi) is 6.19. The summed E-state index contributed by atoms with van der Waals surface area (Å²) in [6, 6.07) is 17.0. The second-order valence-corrected chi connectivity index (χ2v) is 8.70. The van der Waals surface area contributed by atoms with Gasteiger partial charge in [0.25, 0.3) is 5.56 Å². The van der Waals surface area contributed by atoms with Gasteiger partial charge < -0.3 is 11.1 Å². The molecule has 2 heterocycles. The maximum Gasteiger partial charge on any atom is 0.332 e. The third-order valence-electron chi connectivity index (χ3n) is 6.21. The summed E-state index contributed by atoms with van der Waals surface area (Å²) in [5.74, 6) is 0.0213. The minimum Gasteiger partial charge on any atom is -0.384 e. The van der Waals surface area contributed by atoms with Crippen molar-refractivity contribution in [3.8, 4) is 11.4 Å². The molecular formula is C25H26N8O3. The second kappa shape index (κ2) is 9.61. The fourth-order valence-corrected chi connectivity index (χ4v) is 4.16. The third-order valence-corrected chi connectivity index (χ3v) is 6.21. The zero-order valence-electron chi connectivity index (χ0n) is 19.8. The Morgan fingerprint density at radius 3 is 2.58 bits per heavy atom. The average Bonchev–Trinajstić information content (AvgIpc) is 3.62. The quantitative estimate of drug-likeness (QED) is 0.342. The maximum atomic E-state index is 13.2. The van der Waals surface area contributed by atoms with Crippen LogP contribution in [0.2, 0.25) is 0 Å². The summed E-state index contributed by atoms with van der Waals surface area (Å²) >= 11 is 0. The molecule has 1 aliphatic rings. The van der Waals surface area contributed by atoms with Crippen LogP contribution >= 0.6 is 0 Å².